The number of carbonyl (C=O) groups excluding carboxylic acids is 1. The molecule has 4 rings (SSSR count). The Hall–Kier alpha value is -1.98. The molecule has 1 saturated heterocycles. The molecule has 1 aromatic rings. The molecule has 2 N–H and O–H groups in total. The third-order valence-electron chi connectivity index (χ3n) is 8.53. The Morgan fingerprint density at radius 2 is 1.91 bits per heavy atom. The van der Waals surface area contributed by atoms with Gasteiger partial charge < -0.3 is 4.74 Å². The largest absolute Gasteiger partial charge is 0.459 e. The molecule has 184 valence electrons. The standard InChI is InChI=1S/C22H34N4O6S/c1-6-25(7-2)33(30,31)13-21-9-8-15(20(21,4)5)10-16(21)32-18(28)22(12-23-22)26-11-14(3)17(27)24-19(26)29/h11,15-16,23H,6-10,12-13H2,1-5H3,(H,24,27,29)/t15-,16-,21-,22+/m1/s1. The SMILES string of the molecule is CCN(CC)S(=O)(=O)C[C@]12CC[C@H](C[C@H]1OC(=O)[C@@]1(n3cc(C)c(=O)[nH]c3=O)CN1)C2(C)C. The van der Waals surface area contributed by atoms with Gasteiger partial charge >= 0.3 is 11.7 Å². The van der Waals surface area contributed by atoms with Gasteiger partial charge in [0.15, 0.2) is 0 Å². The number of aryl methyl sites for hydroxylation is 1. The molecule has 0 unspecified atom stereocenters. The Morgan fingerprint density at radius 3 is 2.45 bits per heavy atom. The number of ether oxygens (including phenoxy) is 1. The van der Waals surface area contributed by atoms with Crippen LogP contribution in [-0.4, -0.2) is 59.7 Å². The second-order valence-corrected chi connectivity index (χ2v) is 12.2. The van der Waals surface area contributed by atoms with Crippen molar-refractivity contribution in [1.82, 2.24) is 19.2 Å². The molecule has 2 aliphatic carbocycles. The zero-order valence-electron chi connectivity index (χ0n) is 19.9. The zero-order chi connectivity index (χ0) is 24.4. The zero-order valence-corrected chi connectivity index (χ0v) is 20.8. The number of carbonyl (C=O) groups is 1. The number of nitrogens with one attached hydrogen (secondary N) is 2. The van der Waals surface area contributed by atoms with E-state index in [1.807, 2.05) is 13.8 Å². The van der Waals surface area contributed by atoms with Crippen LogP contribution in [0.25, 0.3) is 0 Å². The third kappa shape index (κ3) is 3.50. The van der Waals surface area contributed by atoms with Gasteiger partial charge in [0, 0.05) is 36.8 Å². The van der Waals surface area contributed by atoms with E-state index >= 15 is 0 Å². The summed E-state index contributed by atoms with van der Waals surface area (Å²) < 4.78 is 35.3. The van der Waals surface area contributed by atoms with Crippen molar-refractivity contribution in [2.75, 3.05) is 25.4 Å². The van der Waals surface area contributed by atoms with Crippen molar-refractivity contribution in [3.63, 3.8) is 0 Å². The Kier molecular flexibility index (Phi) is 5.69. The third-order valence-corrected chi connectivity index (χ3v) is 10.7. The average molecular weight is 483 g/mol. The molecule has 11 heteroatoms. The van der Waals surface area contributed by atoms with Crippen LogP contribution >= 0.6 is 0 Å². The summed E-state index contributed by atoms with van der Waals surface area (Å²) in [5, 5.41) is 2.93. The number of aromatic nitrogens is 2. The van der Waals surface area contributed by atoms with Crippen LogP contribution in [0.1, 0.15) is 52.5 Å². The van der Waals surface area contributed by atoms with Crippen LogP contribution in [0.4, 0.5) is 0 Å². The van der Waals surface area contributed by atoms with Gasteiger partial charge in [-0.15, -0.1) is 0 Å². The first kappa shape index (κ1) is 24.2. The van der Waals surface area contributed by atoms with E-state index in [1.165, 1.54) is 15.1 Å². The summed E-state index contributed by atoms with van der Waals surface area (Å²) in [6.07, 6.45) is 2.96. The molecule has 2 saturated carbocycles. The molecule has 10 nitrogen and oxygen atoms in total. The maximum Gasteiger partial charge on any atom is 0.349 e. The van der Waals surface area contributed by atoms with E-state index in [-0.39, 0.29) is 23.6 Å². The lowest BCUT2D eigenvalue weighted by atomic mass is 9.69. The van der Waals surface area contributed by atoms with Crippen LogP contribution in [0, 0.1) is 23.7 Å². The minimum Gasteiger partial charge on any atom is -0.459 e. The smallest absolute Gasteiger partial charge is 0.349 e. The van der Waals surface area contributed by atoms with E-state index in [1.54, 1.807) is 6.92 Å². The highest BCUT2D eigenvalue weighted by molar-refractivity contribution is 7.89. The first-order valence-corrected chi connectivity index (χ1v) is 13.2. The summed E-state index contributed by atoms with van der Waals surface area (Å²) in [7, 11) is -3.55. The van der Waals surface area contributed by atoms with Gasteiger partial charge in [-0.1, -0.05) is 27.7 Å². The number of aromatic amines is 1. The highest BCUT2D eigenvalue weighted by Crippen LogP contribution is 2.67. The fourth-order valence-electron chi connectivity index (χ4n) is 6.11. The molecule has 2 heterocycles. The predicted molar refractivity (Wildman–Crippen MR) is 122 cm³/mol. The molecule has 1 aliphatic heterocycles. The fraction of sp³-hybridized carbons (Fsp3) is 0.773. The number of fused-ring (bicyclic) bond motifs is 2. The Bertz CT molecular complexity index is 1180. The van der Waals surface area contributed by atoms with Crippen molar-refractivity contribution >= 4 is 16.0 Å². The van der Waals surface area contributed by atoms with Crippen molar-refractivity contribution in [2.45, 2.75) is 65.6 Å². The first-order chi connectivity index (χ1) is 15.3. The Labute approximate surface area is 193 Å². The quantitative estimate of drug-likeness (QED) is 0.406. The number of H-pyrrole nitrogens is 1. The molecule has 3 fully saturated rings. The topological polar surface area (TPSA) is 140 Å². The number of rotatable bonds is 8. The molecule has 0 amide bonds. The van der Waals surface area contributed by atoms with Crippen LogP contribution < -0.4 is 16.6 Å². The van der Waals surface area contributed by atoms with Gasteiger partial charge in [0.05, 0.1) is 5.75 Å². The van der Waals surface area contributed by atoms with Gasteiger partial charge in [0.1, 0.15) is 6.10 Å². The molecule has 2 bridgehead atoms. The maximum atomic E-state index is 13.4. The Morgan fingerprint density at radius 1 is 1.27 bits per heavy atom. The summed E-state index contributed by atoms with van der Waals surface area (Å²) in [5.41, 5.74) is -3.28. The minimum absolute atomic E-state index is 0.0682. The molecule has 0 aromatic carbocycles. The molecule has 33 heavy (non-hydrogen) atoms. The predicted octanol–water partition coefficient (Wildman–Crippen LogP) is 0.511. The summed E-state index contributed by atoms with van der Waals surface area (Å²) in [6.45, 7) is 10.3. The summed E-state index contributed by atoms with van der Waals surface area (Å²) in [6, 6.07) is 0. The summed E-state index contributed by atoms with van der Waals surface area (Å²) in [5.74, 6) is -0.436. The molecule has 4 atom stereocenters. The second-order valence-electron chi connectivity index (χ2n) is 10.2. The molecule has 3 aliphatic rings. The number of esters is 1. The lowest BCUT2D eigenvalue weighted by Crippen LogP contribution is -2.51. The number of hydrogen-bond donors (Lipinski definition) is 2. The van der Waals surface area contributed by atoms with Crippen LogP contribution in [0.15, 0.2) is 15.8 Å². The number of nitrogens with zero attached hydrogens (tertiary/aromatic N) is 2. The molecular weight excluding hydrogens is 448 g/mol. The van der Waals surface area contributed by atoms with Gasteiger partial charge in [-0.2, -0.15) is 0 Å². The monoisotopic (exact) mass is 482 g/mol. The lowest BCUT2D eigenvalue weighted by molar-refractivity contribution is -0.163. The Balaban J connectivity index is 1.65. The van der Waals surface area contributed by atoms with E-state index in [9.17, 15) is 22.8 Å². The van der Waals surface area contributed by atoms with Gasteiger partial charge in [-0.25, -0.2) is 22.3 Å². The fourth-order valence-corrected chi connectivity index (χ4v) is 8.44. The van der Waals surface area contributed by atoms with Crippen molar-refractivity contribution in [2.24, 2.45) is 16.7 Å². The minimum atomic E-state index is -3.55. The van der Waals surface area contributed by atoms with Crippen LogP contribution in [0.5, 0.6) is 0 Å². The normalized spacial score (nSPS) is 32.3. The van der Waals surface area contributed by atoms with E-state index in [4.69, 9.17) is 4.74 Å². The molecule has 0 radical (unpaired) electrons. The summed E-state index contributed by atoms with van der Waals surface area (Å²) >= 11 is 0. The van der Waals surface area contributed by atoms with Gasteiger partial charge in [-0.05, 0) is 37.5 Å². The van der Waals surface area contributed by atoms with Gasteiger partial charge in [0.25, 0.3) is 5.56 Å². The first-order valence-electron chi connectivity index (χ1n) is 11.6. The van der Waals surface area contributed by atoms with Crippen molar-refractivity contribution in [1.29, 1.82) is 0 Å². The van der Waals surface area contributed by atoms with Crippen LogP contribution in [0.3, 0.4) is 0 Å². The average Bonchev–Trinajstić information content (AvgIpc) is 3.46. The van der Waals surface area contributed by atoms with Crippen molar-refractivity contribution in [3.8, 4) is 0 Å². The molecular formula is C22H34N4O6S. The van der Waals surface area contributed by atoms with E-state index in [0.29, 0.717) is 31.5 Å². The van der Waals surface area contributed by atoms with Gasteiger partial charge in [0.2, 0.25) is 15.7 Å². The molecule has 1 aromatic heterocycles. The number of sulfonamides is 1. The van der Waals surface area contributed by atoms with Crippen molar-refractivity contribution in [3.05, 3.63) is 32.6 Å². The highest BCUT2D eigenvalue weighted by atomic mass is 32.2. The second kappa shape index (κ2) is 7.78. The lowest BCUT2D eigenvalue weighted by Gasteiger charge is -2.42. The summed E-state index contributed by atoms with van der Waals surface area (Å²) in [4.78, 5) is 39.8. The maximum absolute atomic E-state index is 13.4. The van der Waals surface area contributed by atoms with Crippen LogP contribution in [0.2, 0.25) is 0 Å². The van der Waals surface area contributed by atoms with Crippen molar-refractivity contribution < 1.29 is 17.9 Å². The highest BCUT2D eigenvalue weighted by Gasteiger charge is 2.68. The molecule has 0 spiro atoms. The van der Waals surface area contributed by atoms with Gasteiger partial charge in [-0.3, -0.25) is 19.7 Å². The number of hydrogen-bond acceptors (Lipinski definition) is 7. The van der Waals surface area contributed by atoms with E-state index < -0.39 is 44.4 Å². The van der Waals surface area contributed by atoms with Crippen LogP contribution in [-0.2, 0) is 25.2 Å². The van der Waals surface area contributed by atoms with E-state index in [2.05, 4.69) is 24.1 Å². The van der Waals surface area contributed by atoms with E-state index in [0.717, 1.165) is 6.42 Å².